The van der Waals surface area contributed by atoms with Gasteiger partial charge in [0.15, 0.2) is 0 Å². The van der Waals surface area contributed by atoms with Crippen LogP contribution in [-0.2, 0) is 0 Å². The second-order valence-corrected chi connectivity index (χ2v) is 3.59. The number of anilines is 1. The number of thiophene rings is 1. The van der Waals surface area contributed by atoms with Crippen LogP contribution < -0.4 is 5.73 Å². The van der Waals surface area contributed by atoms with Crippen LogP contribution in [0.5, 0.6) is 0 Å². The van der Waals surface area contributed by atoms with Crippen molar-refractivity contribution in [1.29, 1.82) is 0 Å². The molecule has 0 atom stereocenters. The van der Waals surface area contributed by atoms with Crippen molar-refractivity contribution in [2.75, 3.05) is 5.73 Å². The van der Waals surface area contributed by atoms with Crippen LogP contribution in [0.2, 0.25) is 0 Å². The maximum atomic E-state index is 5.69. The van der Waals surface area contributed by atoms with Crippen molar-refractivity contribution < 1.29 is 0 Å². The summed E-state index contributed by atoms with van der Waals surface area (Å²) in [4.78, 5) is 0. The molecule has 0 aliphatic heterocycles. The van der Waals surface area contributed by atoms with E-state index in [1.807, 2.05) is 12.1 Å². The largest absolute Gasteiger partial charge is 0.399 e. The first-order chi connectivity index (χ1) is 5.27. The van der Waals surface area contributed by atoms with Crippen molar-refractivity contribution in [2.24, 2.45) is 0 Å². The van der Waals surface area contributed by atoms with Crippen molar-refractivity contribution in [3.05, 3.63) is 29.1 Å². The summed E-state index contributed by atoms with van der Waals surface area (Å²) < 4.78 is 1.35. The molecule has 11 heavy (non-hydrogen) atoms. The van der Waals surface area contributed by atoms with Crippen LogP contribution in [0.25, 0.3) is 10.1 Å². The van der Waals surface area contributed by atoms with Gasteiger partial charge in [-0.05, 0) is 41.5 Å². The van der Waals surface area contributed by atoms with E-state index in [2.05, 4.69) is 18.4 Å². The van der Waals surface area contributed by atoms with E-state index in [0.717, 1.165) is 5.69 Å². The molecule has 0 unspecified atom stereocenters. The fourth-order valence-electron chi connectivity index (χ4n) is 1.29. The number of nitrogen functional groups attached to an aromatic ring is 1. The van der Waals surface area contributed by atoms with Gasteiger partial charge in [0.25, 0.3) is 0 Å². The summed E-state index contributed by atoms with van der Waals surface area (Å²) in [5, 5.41) is 3.35. The van der Waals surface area contributed by atoms with Crippen LogP contribution in [0.3, 0.4) is 0 Å². The van der Waals surface area contributed by atoms with Gasteiger partial charge in [0.1, 0.15) is 0 Å². The molecule has 1 nitrogen and oxygen atoms in total. The van der Waals surface area contributed by atoms with Crippen LogP contribution in [0.15, 0.2) is 23.6 Å². The van der Waals surface area contributed by atoms with Crippen LogP contribution >= 0.6 is 11.3 Å². The third-order valence-electron chi connectivity index (χ3n) is 1.76. The second kappa shape index (κ2) is 2.24. The number of rotatable bonds is 0. The fourth-order valence-corrected chi connectivity index (χ4v) is 2.15. The molecule has 0 aliphatic rings. The Morgan fingerprint density at radius 1 is 1.36 bits per heavy atom. The summed E-state index contributed by atoms with van der Waals surface area (Å²) in [5.74, 6) is 0. The van der Waals surface area contributed by atoms with E-state index in [1.54, 1.807) is 11.3 Å². The average Bonchev–Trinajstić information content (AvgIpc) is 2.34. The predicted octanol–water partition coefficient (Wildman–Crippen LogP) is 2.79. The Kier molecular flexibility index (Phi) is 1.36. The lowest BCUT2D eigenvalue weighted by molar-refractivity contribution is 1.56. The Hall–Kier alpha value is -1.02. The Morgan fingerprint density at radius 2 is 2.18 bits per heavy atom. The first-order valence-corrected chi connectivity index (χ1v) is 4.38. The molecule has 0 radical (unpaired) electrons. The van der Waals surface area contributed by atoms with Gasteiger partial charge in [-0.15, -0.1) is 11.3 Å². The molecule has 2 aromatic rings. The summed E-state index contributed by atoms with van der Waals surface area (Å²) >= 11 is 1.77. The molecule has 0 amide bonds. The molecule has 2 N–H and O–H groups in total. The normalized spacial score (nSPS) is 10.6. The minimum Gasteiger partial charge on any atom is -0.399 e. The molecule has 0 saturated heterocycles. The zero-order chi connectivity index (χ0) is 7.84. The molecule has 0 spiro atoms. The second-order valence-electron chi connectivity index (χ2n) is 2.68. The maximum absolute atomic E-state index is 5.69. The molecule has 56 valence electrons. The van der Waals surface area contributed by atoms with Crippen molar-refractivity contribution in [3.8, 4) is 0 Å². The van der Waals surface area contributed by atoms with E-state index < -0.39 is 0 Å². The summed E-state index contributed by atoms with van der Waals surface area (Å²) in [7, 11) is 0. The van der Waals surface area contributed by atoms with Gasteiger partial charge in [0.2, 0.25) is 0 Å². The van der Waals surface area contributed by atoms with Crippen molar-refractivity contribution in [1.82, 2.24) is 0 Å². The number of hydrogen-bond donors (Lipinski definition) is 1. The number of nitrogens with two attached hydrogens (primary N) is 1. The molecule has 2 heteroatoms. The van der Waals surface area contributed by atoms with Gasteiger partial charge in [-0.1, -0.05) is 0 Å². The Bertz CT molecular complexity index is 389. The highest BCUT2D eigenvalue weighted by molar-refractivity contribution is 7.17. The summed E-state index contributed by atoms with van der Waals surface area (Å²) in [6.45, 7) is 2.09. The molecule has 0 saturated carbocycles. The van der Waals surface area contributed by atoms with Crippen LogP contribution in [0.4, 0.5) is 5.69 Å². The highest BCUT2D eigenvalue weighted by Crippen LogP contribution is 2.26. The standard InChI is InChI=1S/C9H9NS/c1-6-4-8(10)5-7-2-3-11-9(6)7/h2-5H,10H2,1H3. The van der Waals surface area contributed by atoms with E-state index >= 15 is 0 Å². The third kappa shape index (κ3) is 0.994. The predicted molar refractivity (Wildman–Crippen MR) is 51.0 cm³/mol. The van der Waals surface area contributed by atoms with Gasteiger partial charge in [0, 0.05) is 10.4 Å². The highest BCUT2D eigenvalue weighted by atomic mass is 32.1. The van der Waals surface area contributed by atoms with Gasteiger partial charge in [-0.2, -0.15) is 0 Å². The van der Waals surface area contributed by atoms with Crippen LogP contribution in [0.1, 0.15) is 5.56 Å². The minimum absolute atomic E-state index is 0.855. The fraction of sp³-hybridized carbons (Fsp3) is 0.111. The lowest BCUT2D eigenvalue weighted by atomic mass is 10.2. The van der Waals surface area contributed by atoms with Crippen molar-refractivity contribution in [2.45, 2.75) is 6.92 Å². The van der Waals surface area contributed by atoms with E-state index in [0.29, 0.717) is 0 Å². The highest BCUT2D eigenvalue weighted by Gasteiger charge is 1.98. The Labute approximate surface area is 69.5 Å². The van der Waals surface area contributed by atoms with Crippen LogP contribution in [-0.4, -0.2) is 0 Å². The number of hydrogen-bond acceptors (Lipinski definition) is 2. The first-order valence-electron chi connectivity index (χ1n) is 3.51. The monoisotopic (exact) mass is 163 g/mol. The number of aryl methyl sites for hydroxylation is 1. The lowest BCUT2D eigenvalue weighted by Crippen LogP contribution is -1.84. The maximum Gasteiger partial charge on any atom is 0.0373 e. The van der Waals surface area contributed by atoms with E-state index in [4.69, 9.17) is 5.73 Å². The molecule has 2 rings (SSSR count). The van der Waals surface area contributed by atoms with Crippen LogP contribution in [0, 0.1) is 6.92 Å². The molecule has 1 aromatic carbocycles. The number of fused-ring (bicyclic) bond motifs is 1. The lowest BCUT2D eigenvalue weighted by Gasteiger charge is -1.97. The third-order valence-corrected chi connectivity index (χ3v) is 2.82. The quantitative estimate of drug-likeness (QED) is 0.594. The molecular formula is C9H9NS. The zero-order valence-corrected chi connectivity index (χ0v) is 7.11. The molecule has 1 heterocycles. The number of benzene rings is 1. The van der Waals surface area contributed by atoms with Crippen molar-refractivity contribution >= 4 is 27.1 Å². The molecule has 0 fully saturated rings. The molecule has 0 bridgehead atoms. The summed E-state index contributed by atoms with van der Waals surface area (Å²) in [6.07, 6.45) is 0. The first kappa shape index (κ1) is 6.68. The Morgan fingerprint density at radius 3 is 3.00 bits per heavy atom. The van der Waals surface area contributed by atoms with Gasteiger partial charge in [-0.25, -0.2) is 0 Å². The smallest absolute Gasteiger partial charge is 0.0373 e. The van der Waals surface area contributed by atoms with E-state index in [1.165, 1.54) is 15.6 Å². The Balaban J connectivity index is 2.91. The van der Waals surface area contributed by atoms with E-state index in [-0.39, 0.29) is 0 Å². The SMILES string of the molecule is Cc1cc(N)cc2ccsc12. The van der Waals surface area contributed by atoms with E-state index in [9.17, 15) is 0 Å². The van der Waals surface area contributed by atoms with Gasteiger partial charge < -0.3 is 5.73 Å². The molecular weight excluding hydrogens is 154 g/mol. The van der Waals surface area contributed by atoms with Gasteiger partial charge >= 0.3 is 0 Å². The average molecular weight is 163 g/mol. The molecule has 1 aromatic heterocycles. The summed E-state index contributed by atoms with van der Waals surface area (Å²) in [5.41, 5.74) is 7.82. The van der Waals surface area contributed by atoms with Gasteiger partial charge in [-0.3, -0.25) is 0 Å². The van der Waals surface area contributed by atoms with Crippen molar-refractivity contribution in [3.63, 3.8) is 0 Å². The van der Waals surface area contributed by atoms with Gasteiger partial charge in [0.05, 0.1) is 0 Å². The molecule has 0 aliphatic carbocycles. The zero-order valence-electron chi connectivity index (χ0n) is 6.29. The minimum atomic E-state index is 0.855. The summed E-state index contributed by atoms with van der Waals surface area (Å²) in [6, 6.07) is 6.13. The topological polar surface area (TPSA) is 26.0 Å².